The molecule has 0 aliphatic carbocycles. The number of anilines is 1. The van der Waals surface area contributed by atoms with Crippen LogP contribution in [0.2, 0.25) is 0 Å². The van der Waals surface area contributed by atoms with Crippen LogP contribution in [0.3, 0.4) is 0 Å². The topological polar surface area (TPSA) is 79.0 Å². The van der Waals surface area contributed by atoms with Crippen molar-refractivity contribution in [3.63, 3.8) is 0 Å². The van der Waals surface area contributed by atoms with E-state index in [0.29, 0.717) is 11.7 Å². The summed E-state index contributed by atoms with van der Waals surface area (Å²) in [6.45, 7) is 6.58. The van der Waals surface area contributed by atoms with Crippen LogP contribution in [-0.2, 0) is 4.74 Å². The SMILES string of the molecule is CC(C)(C)OC(=O)Nc1ccc(-c2ccc(-c3cnc(C4CCCN4)[nH]3)cc2)cc1. The molecule has 1 aliphatic heterocycles. The molecule has 1 unspecified atom stereocenters. The second-order valence-electron chi connectivity index (χ2n) is 8.61. The van der Waals surface area contributed by atoms with Crippen molar-refractivity contribution in [3.05, 3.63) is 60.6 Å². The molecule has 1 aliphatic rings. The lowest BCUT2D eigenvalue weighted by Crippen LogP contribution is -2.27. The Labute approximate surface area is 177 Å². The molecule has 1 amide bonds. The normalized spacial score (nSPS) is 16.4. The van der Waals surface area contributed by atoms with E-state index in [1.165, 1.54) is 6.42 Å². The van der Waals surface area contributed by atoms with Gasteiger partial charge in [0, 0.05) is 5.69 Å². The molecular formula is C24H28N4O2. The summed E-state index contributed by atoms with van der Waals surface area (Å²) in [5, 5.41) is 6.22. The first-order chi connectivity index (χ1) is 14.4. The van der Waals surface area contributed by atoms with Crippen molar-refractivity contribution in [2.45, 2.75) is 45.3 Å². The number of hydrogen-bond acceptors (Lipinski definition) is 4. The summed E-state index contributed by atoms with van der Waals surface area (Å²) in [5.41, 5.74) is 4.52. The van der Waals surface area contributed by atoms with Crippen LogP contribution in [0.25, 0.3) is 22.4 Å². The van der Waals surface area contributed by atoms with Crippen LogP contribution in [0.1, 0.15) is 45.5 Å². The smallest absolute Gasteiger partial charge is 0.412 e. The van der Waals surface area contributed by atoms with E-state index < -0.39 is 11.7 Å². The Balaban J connectivity index is 1.42. The summed E-state index contributed by atoms with van der Waals surface area (Å²) < 4.78 is 5.28. The van der Waals surface area contributed by atoms with Gasteiger partial charge in [0.25, 0.3) is 0 Å². The Morgan fingerprint density at radius 3 is 2.27 bits per heavy atom. The number of aromatic nitrogens is 2. The van der Waals surface area contributed by atoms with E-state index in [-0.39, 0.29) is 0 Å². The minimum Gasteiger partial charge on any atom is -0.444 e. The number of H-pyrrole nitrogens is 1. The number of hydrogen-bond donors (Lipinski definition) is 3. The fourth-order valence-corrected chi connectivity index (χ4v) is 3.59. The van der Waals surface area contributed by atoms with Gasteiger partial charge in [-0.05, 0) is 69.0 Å². The molecule has 0 spiro atoms. The van der Waals surface area contributed by atoms with Crippen LogP contribution >= 0.6 is 0 Å². The Bertz CT molecular complexity index is 995. The van der Waals surface area contributed by atoms with E-state index in [2.05, 4.69) is 44.9 Å². The average molecular weight is 405 g/mol. The third-order valence-electron chi connectivity index (χ3n) is 5.05. The molecule has 3 aromatic rings. The van der Waals surface area contributed by atoms with E-state index in [1.807, 2.05) is 51.2 Å². The maximum Gasteiger partial charge on any atom is 0.412 e. The van der Waals surface area contributed by atoms with Gasteiger partial charge in [-0.25, -0.2) is 9.78 Å². The van der Waals surface area contributed by atoms with Gasteiger partial charge in [0.1, 0.15) is 11.4 Å². The highest BCUT2D eigenvalue weighted by Crippen LogP contribution is 2.27. The van der Waals surface area contributed by atoms with Crippen molar-refractivity contribution in [2.24, 2.45) is 0 Å². The highest BCUT2D eigenvalue weighted by atomic mass is 16.6. The quantitative estimate of drug-likeness (QED) is 0.535. The second-order valence-corrected chi connectivity index (χ2v) is 8.61. The first-order valence-electron chi connectivity index (χ1n) is 10.4. The van der Waals surface area contributed by atoms with E-state index in [4.69, 9.17) is 4.74 Å². The molecule has 4 rings (SSSR count). The third-order valence-corrected chi connectivity index (χ3v) is 5.05. The summed E-state index contributed by atoms with van der Waals surface area (Å²) in [5.74, 6) is 1.01. The van der Waals surface area contributed by atoms with Gasteiger partial charge in [-0.15, -0.1) is 0 Å². The van der Waals surface area contributed by atoms with Crippen LogP contribution in [0.5, 0.6) is 0 Å². The number of amides is 1. The molecule has 30 heavy (non-hydrogen) atoms. The van der Waals surface area contributed by atoms with E-state index >= 15 is 0 Å². The predicted molar refractivity (Wildman–Crippen MR) is 119 cm³/mol. The van der Waals surface area contributed by atoms with E-state index in [1.54, 1.807) is 0 Å². The number of nitrogens with one attached hydrogen (secondary N) is 3. The van der Waals surface area contributed by atoms with E-state index in [0.717, 1.165) is 41.2 Å². The van der Waals surface area contributed by atoms with Gasteiger partial charge in [-0.3, -0.25) is 5.32 Å². The van der Waals surface area contributed by atoms with Gasteiger partial charge >= 0.3 is 6.09 Å². The summed E-state index contributed by atoms with van der Waals surface area (Å²) in [7, 11) is 0. The summed E-state index contributed by atoms with van der Waals surface area (Å²) in [6.07, 6.45) is 3.78. The minimum absolute atomic E-state index is 0.339. The molecule has 0 saturated carbocycles. The Morgan fingerprint density at radius 2 is 1.67 bits per heavy atom. The number of carbonyl (C=O) groups excluding carboxylic acids is 1. The summed E-state index contributed by atoms with van der Waals surface area (Å²) in [6, 6.07) is 16.5. The molecule has 1 fully saturated rings. The van der Waals surface area contributed by atoms with E-state index in [9.17, 15) is 4.79 Å². The molecular weight excluding hydrogens is 376 g/mol. The number of carbonyl (C=O) groups is 1. The zero-order chi connectivity index (χ0) is 21.1. The van der Waals surface area contributed by atoms with Crippen molar-refractivity contribution >= 4 is 11.8 Å². The first-order valence-corrected chi connectivity index (χ1v) is 10.4. The second kappa shape index (κ2) is 8.32. The van der Waals surface area contributed by atoms with Gasteiger partial charge in [-0.1, -0.05) is 36.4 Å². The monoisotopic (exact) mass is 404 g/mol. The Hall–Kier alpha value is -3.12. The maximum atomic E-state index is 11.9. The lowest BCUT2D eigenvalue weighted by Gasteiger charge is -2.19. The molecule has 1 saturated heterocycles. The minimum atomic E-state index is -0.519. The fourth-order valence-electron chi connectivity index (χ4n) is 3.59. The zero-order valence-corrected chi connectivity index (χ0v) is 17.7. The lowest BCUT2D eigenvalue weighted by molar-refractivity contribution is 0.0636. The number of benzene rings is 2. The molecule has 2 heterocycles. The van der Waals surface area contributed by atoms with Crippen molar-refractivity contribution in [3.8, 4) is 22.4 Å². The largest absolute Gasteiger partial charge is 0.444 e. The Morgan fingerprint density at radius 1 is 1.03 bits per heavy atom. The van der Waals surface area contributed by atoms with Gasteiger partial charge in [0.2, 0.25) is 0 Å². The molecule has 156 valence electrons. The zero-order valence-electron chi connectivity index (χ0n) is 17.7. The van der Waals surface area contributed by atoms with Crippen LogP contribution in [0.4, 0.5) is 10.5 Å². The van der Waals surface area contributed by atoms with Crippen molar-refractivity contribution < 1.29 is 9.53 Å². The van der Waals surface area contributed by atoms with Gasteiger partial charge in [0.05, 0.1) is 17.9 Å². The number of imidazole rings is 1. The number of ether oxygens (including phenoxy) is 1. The molecule has 3 N–H and O–H groups in total. The third kappa shape index (κ3) is 4.89. The molecule has 0 radical (unpaired) electrons. The standard InChI is InChI=1S/C24H28N4O2/c1-24(2,3)30-23(29)27-19-12-10-17(11-13-19)16-6-8-18(9-7-16)21-15-26-22(28-21)20-5-4-14-25-20/h6-13,15,20,25H,4-5,14H2,1-3H3,(H,26,28)(H,27,29). The highest BCUT2D eigenvalue weighted by Gasteiger charge is 2.19. The summed E-state index contributed by atoms with van der Waals surface area (Å²) >= 11 is 0. The molecule has 1 atom stereocenters. The average Bonchev–Trinajstić information content (AvgIpc) is 3.39. The van der Waals surface area contributed by atoms with Crippen molar-refractivity contribution in [2.75, 3.05) is 11.9 Å². The highest BCUT2D eigenvalue weighted by molar-refractivity contribution is 5.85. The van der Waals surface area contributed by atoms with Crippen LogP contribution < -0.4 is 10.6 Å². The maximum absolute atomic E-state index is 11.9. The van der Waals surface area contributed by atoms with Gasteiger partial charge in [-0.2, -0.15) is 0 Å². The van der Waals surface area contributed by atoms with Crippen molar-refractivity contribution in [1.82, 2.24) is 15.3 Å². The lowest BCUT2D eigenvalue weighted by atomic mass is 10.0. The van der Waals surface area contributed by atoms with Crippen molar-refractivity contribution in [1.29, 1.82) is 0 Å². The summed E-state index contributed by atoms with van der Waals surface area (Å²) in [4.78, 5) is 19.9. The number of nitrogens with zero attached hydrogens (tertiary/aromatic N) is 1. The molecule has 1 aromatic heterocycles. The van der Waals surface area contributed by atoms with Gasteiger partial charge in [0.15, 0.2) is 0 Å². The van der Waals surface area contributed by atoms with Gasteiger partial charge < -0.3 is 15.0 Å². The van der Waals surface area contributed by atoms with Crippen LogP contribution in [0.15, 0.2) is 54.7 Å². The Kier molecular flexibility index (Phi) is 5.59. The van der Waals surface area contributed by atoms with Crippen LogP contribution in [0, 0.1) is 0 Å². The number of rotatable bonds is 4. The molecule has 6 nitrogen and oxygen atoms in total. The molecule has 0 bridgehead atoms. The first kappa shape index (κ1) is 20.2. The molecule has 2 aromatic carbocycles. The van der Waals surface area contributed by atoms with Crippen LogP contribution in [-0.4, -0.2) is 28.2 Å². The number of aromatic amines is 1. The fraction of sp³-hybridized carbons (Fsp3) is 0.333. The predicted octanol–water partition coefficient (Wildman–Crippen LogP) is 5.52. The molecule has 6 heteroatoms.